The highest BCUT2D eigenvalue weighted by atomic mass is 15.1. The van der Waals surface area contributed by atoms with Crippen molar-refractivity contribution in [2.24, 2.45) is 0 Å². The van der Waals surface area contributed by atoms with Gasteiger partial charge in [0.15, 0.2) is 0 Å². The molecule has 1 aliphatic heterocycles. The van der Waals surface area contributed by atoms with E-state index in [1.165, 1.54) is 32.5 Å². The Kier molecular flexibility index (Phi) is 4.60. The molecule has 18 heavy (non-hydrogen) atoms. The molecular weight excluding hydrogens is 222 g/mol. The SMILES string of the molecule is Cc1cccc(NCCCN2CCCC2)c1C#N. The van der Waals surface area contributed by atoms with Crippen molar-refractivity contribution in [2.75, 3.05) is 31.5 Å². The zero-order valence-corrected chi connectivity index (χ0v) is 11.1. The molecule has 0 spiro atoms. The minimum atomic E-state index is 0.777. The van der Waals surface area contributed by atoms with E-state index in [-0.39, 0.29) is 0 Å². The number of rotatable bonds is 5. The summed E-state index contributed by atoms with van der Waals surface area (Å²) in [6.07, 6.45) is 3.84. The van der Waals surface area contributed by atoms with Crippen LogP contribution >= 0.6 is 0 Å². The molecule has 2 rings (SSSR count). The zero-order chi connectivity index (χ0) is 12.8. The topological polar surface area (TPSA) is 39.1 Å². The van der Waals surface area contributed by atoms with Crippen molar-refractivity contribution in [3.8, 4) is 6.07 Å². The van der Waals surface area contributed by atoms with E-state index in [9.17, 15) is 0 Å². The third-order valence-electron chi connectivity index (χ3n) is 3.55. The van der Waals surface area contributed by atoms with E-state index in [1.807, 2.05) is 25.1 Å². The molecule has 1 aromatic carbocycles. The molecule has 1 aliphatic rings. The summed E-state index contributed by atoms with van der Waals surface area (Å²) in [5.74, 6) is 0. The molecule has 0 aromatic heterocycles. The van der Waals surface area contributed by atoms with Crippen molar-refractivity contribution >= 4 is 5.69 Å². The summed E-state index contributed by atoms with van der Waals surface area (Å²) < 4.78 is 0. The molecule has 0 unspecified atom stereocenters. The highest BCUT2D eigenvalue weighted by Gasteiger charge is 2.10. The molecule has 3 nitrogen and oxygen atoms in total. The third-order valence-corrected chi connectivity index (χ3v) is 3.55. The van der Waals surface area contributed by atoms with Crippen LogP contribution in [0.2, 0.25) is 0 Å². The number of benzene rings is 1. The smallest absolute Gasteiger partial charge is 0.102 e. The van der Waals surface area contributed by atoms with Crippen LogP contribution in [0.4, 0.5) is 5.69 Å². The van der Waals surface area contributed by atoms with Gasteiger partial charge in [-0.3, -0.25) is 0 Å². The number of anilines is 1. The first-order valence-electron chi connectivity index (χ1n) is 6.77. The number of nitriles is 1. The molecule has 1 aromatic rings. The molecule has 0 radical (unpaired) electrons. The first-order valence-corrected chi connectivity index (χ1v) is 6.77. The van der Waals surface area contributed by atoms with Crippen molar-refractivity contribution < 1.29 is 0 Å². The van der Waals surface area contributed by atoms with Crippen LogP contribution in [0.15, 0.2) is 18.2 Å². The lowest BCUT2D eigenvalue weighted by molar-refractivity contribution is 0.337. The average molecular weight is 243 g/mol. The summed E-state index contributed by atoms with van der Waals surface area (Å²) in [6, 6.07) is 8.24. The molecule has 0 atom stereocenters. The molecule has 1 N–H and O–H groups in total. The van der Waals surface area contributed by atoms with Gasteiger partial charge in [0.2, 0.25) is 0 Å². The third kappa shape index (κ3) is 3.24. The van der Waals surface area contributed by atoms with E-state index in [4.69, 9.17) is 5.26 Å². The predicted octanol–water partition coefficient (Wildman–Crippen LogP) is 2.76. The Hall–Kier alpha value is -1.53. The van der Waals surface area contributed by atoms with Crippen LogP contribution in [-0.4, -0.2) is 31.1 Å². The zero-order valence-electron chi connectivity index (χ0n) is 11.1. The van der Waals surface area contributed by atoms with E-state index in [0.717, 1.165) is 29.8 Å². The number of likely N-dealkylation sites (tertiary alicyclic amines) is 1. The fourth-order valence-corrected chi connectivity index (χ4v) is 2.50. The van der Waals surface area contributed by atoms with Crippen molar-refractivity contribution in [1.29, 1.82) is 5.26 Å². The molecule has 1 fully saturated rings. The van der Waals surface area contributed by atoms with E-state index in [1.54, 1.807) is 0 Å². The van der Waals surface area contributed by atoms with Crippen LogP contribution in [0, 0.1) is 18.3 Å². The number of nitrogens with zero attached hydrogens (tertiary/aromatic N) is 2. The van der Waals surface area contributed by atoms with Crippen LogP contribution in [0.5, 0.6) is 0 Å². The van der Waals surface area contributed by atoms with Crippen molar-refractivity contribution in [2.45, 2.75) is 26.2 Å². The fourth-order valence-electron chi connectivity index (χ4n) is 2.50. The normalized spacial score (nSPS) is 15.6. The molecule has 1 saturated heterocycles. The van der Waals surface area contributed by atoms with Crippen LogP contribution < -0.4 is 5.32 Å². The second-order valence-corrected chi connectivity index (χ2v) is 4.94. The number of aryl methyl sites for hydroxylation is 1. The van der Waals surface area contributed by atoms with Gasteiger partial charge in [0.05, 0.1) is 11.3 Å². The Labute approximate surface area is 109 Å². The van der Waals surface area contributed by atoms with Gasteiger partial charge in [-0.05, 0) is 57.5 Å². The lowest BCUT2D eigenvalue weighted by Gasteiger charge is -2.15. The van der Waals surface area contributed by atoms with Crippen LogP contribution in [0.3, 0.4) is 0 Å². The molecule has 96 valence electrons. The first-order chi connectivity index (χ1) is 8.81. The van der Waals surface area contributed by atoms with E-state index >= 15 is 0 Å². The predicted molar refractivity (Wildman–Crippen MR) is 74.7 cm³/mol. The Morgan fingerprint density at radius 3 is 2.83 bits per heavy atom. The Morgan fingerprint density at radius 2 is 2.11 bits per heavy atom. The van der Waals surface area contributed by atoms with Gasteiger partial charge in [-0.15, -0.1) is 0 Å². The molecule has 0 aliphatic carbocycles. The average Bonchev–Trinajstić information content (AvgIpc) is 2.88. The summed E-state index contributed by atoms with van der Waals surface area (Å²) in [4.78, 5) is 2.52. The second-order valence-electron chi connectivity index (χ2n) is 4.94. The Balaban J connectivity index is 1.79. The largest absolute Gasteiger partial charge is 0.384 e. The summed E-state index contributed by atoms with van der Waals surface area (Å²) in [5.41, 5.74) is 2.79. The van der Waals surface area contributed by atoms with Crippen LogP contribution in [0.25, 0.3) is 0 Å². The quantitative estimate of drug-likeness (QED) is 0.808. The minimum absolute atomic E-state index is 0.777. The number of hydrogen-bond acceptors (Lipinski definition) is 3. The lowest BCUT2D eigenvalue weighted by Crippen LogP contribution is -2.22. The second kappa shape index (κ2) is 6.42. The van der Waals surface area contributed by atoms with E-state index in [2.05, 4.69) is 16.3 Å². The van der Waals surface area contributed by atoms with E-state index in [0.29, 0.717) is 0 Å². The van der Waals surface area contributed by atoms with Gasteiger partial charge >= 0.3 is 0 Å². The molecule has 1 heterocycles. The maximum atomic E-state index is 9.13. The summed E-state index contributed by atoms with van der Waals surface area (Å²) in [6.45, 7) is 6.60. The van der Waals surface area contributed by atoms with Gasteiger partial charge < -0.3 is 10.2 Å². The van der Waals surface area contributed by atoms with Gasteiger partial charge in [-0.1, -0.05) is 12.1 Å². The van der Waals surface area contributed by atoms with E-state index < -0.39 is 0 Å². The monoisotopic (exact) mass is 243 g/mol. The van der Waals surface area contributed by atoms with Gasteiger partial charge in [0, 0.05) is 6.54 Å². The number of hydrogen-bond donors (Lipinski definition) is 1. The van der Waals surface area contributed by atoms with Gasteiger partial charge in [-0.2, -0.15) is 5.26 Å². The summed E-state index contributed by atoms with van der Waals surface area (Å²) >= 11 is 0. The summed E-state index contributed by atoms with van der Waals surface area (Å²) in [5, 5.41) is 12.5. The Morgan fingerprint density at radius 1 is 1.33 bits per heavy atom. The fraction of sp³-hybridized carbons (Fsp3) is 0.533. The first kappa shape index (κ1) is 12.9. The minimum Gasteiger partial charge on any atom is -0.384 e. The molecule has 3 heteroatoms. The maximum absolute atomic E-state index is 9.13. The van der Waals surface area contributed by atoms with Crippen molar-refractivity contribution in [3.05, 3.63) is 29.3 Å². The number of nitrogens with one attached hydrogen (secondary N) is 1. The molecule has 0 bridgehead atoms. The van der Waals surface area contributed by atoms with Crippen LogP contribution in [-0.2, 0) is 0 Å². The van der Waals surface area contributed by atoms with Gasteiger partial charge in [-0.25, -0.2) is 0 Å². The van der Waals surface area contributed by atoms with Gasteiger partial charge in [0.1, 0.15) is 6.07 Å². The highest BCUT2D eigenvalue weighted by Crippen LogP contribution is 2.18. The van der Waals surface area contributed by atoms with Crippen molar-refractivity contribution in [3.63, 3.8) is 0 Å². The molecule has 0 saturated carbocycles. The lowest BCUT2D eigenvalue weighted by atomic mass is 10.1. The highest BCUT2D eigenvalue weighted by molar-refractivity contribution is 5.60. The molecule has 0 amide bonds. The van der Waals surface area contributed by atoms with Gasteiger partial charge in [0.25, 0.3) is 0 Å². The Bertz CT molecular complexity index is 428. The van der Waals surface area contributed by atoms with Crippen molar-refractivity contribution in [1.82, 2.24) is 4.90 Å². The van der Waals surface area contributed by atoms with Crippen LogP contribution in [0.1, 0.15) is 30.4 Å². The maximum Gasteiger partial charge on any atom is 0.102 e. The standard InChI is InChI=1S/C15H21N3/c1-13-6-4-7-15(14(13)12-16)17-8-5-11-18-9-2-3-10-18/h4,6-7,17H,2-3,5,8-11H2,1H3. The summed E-state index contributed by atoms with van der Waals surface area (Å²) in [7, 11) is 0. The molecular formula is C15H21N3.